The lowest BCUT2D eigenvalue weighted by Gasteiger charge is -2.62. The molecule has 0 amide bonds. The minimum Gasteiger partial charge on any atom is -0.495 e. The lowest BCUT2D eigenvalue weighted by molar-refractivity contribution is -0.151. The first kappa shape index (κ1) is 11.3. The van der Waals surface area contributed by atoms with Crippen molar-refractivity contribution in [1.82, 2.24) is 0 Å². The highest BCUT2D eigenvalue weighted by Gasteiger charge is 2.59. The Kier molecular flexibility index (Phi) is 2.22. The third kappa shape index (κ3) is 1.51. The molecule has 0 aromatic rings. The highest BCUT2D eigenvalue weighted by Crippen LogP contribution is 2.66. The molecule has 5 rings (SSSR count). The van der Waals surface area contributed by atoms with Crippen LogP contribution >= 0.6 is 0 Å². The van der Waals surface area contributed by atoms with Gasteiger partial charge in [-0.1, -0.05) is 6.92 Å². The Labute approximate surface area is 109 Å². The van der Waals surface area contributed by atoms with E-state index in [2.05, 4.69) is 13.0 Å². The van der Waals surface area contributed by atoms with Gasteiger partial charge in [-0.2, -0.15) is 0 Å². The molecule has 3 unspecified atom stereocenters. The fraction of sp³-hybridized carbons (Fsp3) is 0.875. The average molecular weight is 248 g/mol. The number of rotatable bonds is 2. The summed E-state index contributed by atoms with van der Waals surface area (Å²) in [5, 5.41) is 10.8. The highest BCUT2D eigenvalue weighted by molar-refractivity contribution is 5.16. The Morgan fingerprint density at radius 2 is 2.00 bits per heavy atom. The summed E-state index contributed by atoms with van der Waals surface area (Å²) in [6, 6.07) is 0. The fourth-order valence-electron chi connectivity index (χ4n) is 6.05. The molecule has 4 bridgehead atoms. The molecule has 2 nitrogen and oxygen atoms in total. The maximum atomic E-state index is 10.8. The van der Waals surface area contributed by atoms with Gasteiger partial charge in [0.25, 0.3) is 0 Å². The van der Waals surface area contributed by atoms with Crippen LogP contribution in [0, 0.1) is 22.7 Å². The number of aliphatic hydroxyl groups excluding tert-OH is 1. The van der Waals surface area contributed by atoms with Crippen LogP contribution in [0.1, 0.15) is 51.9 Å². The van der Waals surface area contributed by atoms with Gasteiger partial charge in [0.15, 0.2) is 0 Å². The van der Waals surface area contributed by atoms with E-state index < -0.39 is 0 Å². The highest BCUT2D eigenvalue weighted by atomic mass is 16.5. The van der Waals surface area contributed by atoms with Crippen molar-refractivity contribution in [2.45, 2.75) is 58.0 Å². The maximum Gasteiger partial charge on any atom is 0.121 e. The fourth-order valence-corrected chi connectivity index (χ4v) is 6.05. The molecule has 18 heavy (non-hydrogen) atoms. The molecule has 1 N–H and O–H groups in total. The quantitative estimate of drug-likeness (QED) is 0.813. The summed E-state index contributed by atoms with van der Waals surface area (Å²) >= 11 is 0. The first-order chi connectivity index (χ1) is 8.59. The Hall–Kier alpha value is -0.500. The van der Waals surface area contributed by atoms with Gasteiger partial charge >= 0.3 is 0 Å². The molecule has 3 atom stereocenters. The van der Waals surface area contributed by atoms with E-state index in [1.807, 2.05) is 0 Å². The van der Waals surface area contributed by atoms with Gasteiger partial charge in [-0.3, -0.25) is 0 Å². The topological polar surface area (TPSA) is 29.5 Å². The van der Waals surface area contributed by atoms with Crippen LogP contribution in [-0.4, -0.2) is 17.8 Å². The minimum absolute atomic E-state index is 0.148. The first-order valence-electron chi connectivity index (χ1n) is 7.60. The van der Waals surface area contributed by atoms with Crippen molar-refractivity contribution in [1.29, 1.82) is 0 Å². The van der Waals surface area contributed by atoms with E-state index >= 15 is 0 Å². The van der Waals surface area contributed by atoms with Crippen molar-refractivity contribution in [3.8, 4) is 0 Å². The van der Waals surface area contributed by atoms with Crippen molar-refractivity contribution >= 4 is 0 Å². The van der Waals surface area contributed by atoms with Crippen LogP contribution < -0.4 is 0 Å². The van der Waals surface area contributed by atoms with Crippen LogP contribution in [0.25, 0.3) is 0 Å². The monoisotopic (exact) mass is 248 g/mol. The van der Waals surface area contributed by atoms with Gasteiger partial charge in [-0.05, 0) is 61.9 Å². The number of hydrogen-bond acceptors (Lipinski definition) is 2. The smallest absolute Gasteiger partial charge is 0.121 e. The van der Waals surface area contributed by atoms with Gasteiger partial charge in [0.1, 0.15) is 11.9 Å². The molecule has 1 aliphatic heterocycles. The van der Waals surface area contributed by atoms with Crippen LogP contribution in [0.4, 0.5) is 0 Å². The zero-order chi connectivity index (χ0) is 12.4. The third-order valence-electron chi connectivity index (χ3n) is 5.98. The van der Waals surface area contributed by atoms with Crippen molar-refractivity contribution in [2.24, 2.45) is 22.7 Å². The lowest BCUT2D eigenvalue weighted by Crippen LogP contribution is -2.55. The molecule has 5 aliphatic rings. The van der Waals surface area contributed by atoms with Crippen molar-refractivity contribution in [2.75, 3.05) is 6.61 Å². The summed E-state index contributed by atoms with van der Waals surface area (Å²) < 4.78 is 5.65. The lowest BCUT2D eigenvalue weighted by atomic mass is 9.43. The SMILES string of the molecule is CC12CC3CC(C1)CC(C(O)C1=CCCO1)(C3)C2. The van der Waals surface area contributed by atoms with Gasteiger partial charge in [0.05, 0.1) is 6.61 Å². The summed E-state index contributed by atoms with van der Waals surface area (Å²) in [6.07, 6.45) is 10.7. The molecule has 100 valence electrons. The van der Waals surface area contributed by atoms with E-state index in [9.17, 15) is 5.11 Å². The molecule has 2 heteroatoms. The van der Waals surface area contributed by atoms with Gasteiger partial charge in [0, 0.05) is 11.8 Å². The van der Waals surface area contributed by atoms with E-state index in [0.29, 0.717) is 5.41 Å². The summed E-state index contributed by atoms with van der Waals surface area (Å²) in [6.45, 7) is 3.22. The van der Waals surface area contributed by atoms with Crippen molar-refractivity contribution < 1.29 is 9.84 Å². The summed E-state index contributed by atoms with van der Waals surface area (Å²) in [5.41, 5.74) is 0.652. The molecular weight excluding hydrogens is 224 g/mol. The van der Waals surface area contributed by atoms with E-state index in [1.54, 1.807) is 0 Å². The number of hydrogen-bond donors (Lipinski definition) is 1. The summed E-state index contributed by atoms with van der Waals surface area (Å²) in [5.74, 6) is 2.63. The molecule has 0 aromatic carbocycles. The molecule has 4 fully saturated rings. The first-order valence-corrected chi connectivity index (χ1v) is 7.60. The van der Waals surface area contributed by atoms with E-state index in [0.717, 1.165) is 30.6 Å². The zero-order valence-corrected chi connectivity index (χ0v) is 11.3. The maximum absolute atomic E-state index is 10.8. The molecular formula is C16H24O2. The average Bonchev–Trinajstić information content (AvgIpc) is 2.77. The number of aliphatic hydroxyl groups is 1. The Bertz CT molecular complexity index is 384. The molecule has 1 heterocycles. The third-order valence-corrected chi connectivity index (χ3v) is 5.98. The largest absolute Gasteiger partial charge is 0.495 e. The van der Waals surface area contributed by atoms with Crippen LogP contribution in [0.3, 0.4) is 0 Å². The Balaban J connectivity index is 1.66. The second-order valence-electron chi connectivity index (χ2n) is 7.78. The van der Waals surface area contributed by atoms with E-state index in [-0.39, 0.29) is 11.5 Å². The zero-order valence-electron chi connectivity index (χ0n) is 11.3. The Morgan fingerprint density at radius 3 is 2.56 bits per heavy atom. The summed E-state index contributed by atoms with van der Waals surface area (Å²) in [4.78, 5) is 0. The van der Waals surface area contributed by atoms with Gasteiger partial charge in [-0.25, -0.2) is 0 Å². The van der Waals surface area contributed by atoms with Crippen LogP contribution in [0.2, 0.25) is 0 Å². The number of ether oxygens (including phenoxy) is 1. The van der Waals surface area contributed by atoms with Gasteiger partial charge < -0.3 is 9.84 Å². The van der Waals surface area contributed by atoms with Crippen molar-refractivity contribution in [3.05, 3.63) is 11.8 Å². The predicted octanol–water partition coefficient (Wildman–Crippen LogP) is 3.26. The minimum atomic E-state index is -0.328. The molecule has 4 aliphatic carbocycles. The molecule has 4 saturated carbocycles. The summed E-state index contributed by atoms with van der Waals surface area (Å²) in [7, 11) is 0. The standard InChI is InChI=1S/C16H24O2/c1-15-6-11-5-12(7-15)9-16(8-11,10-15)14(17)13-3-2-4-18-13/h3,11-12,14,17H,2,4-10H2,1H3. The van der Waals surface area contributed by atoms with Crippen LogP contribution in [0.15, 0.2) is 11.8 Å². The molecule has 0 saturated heterocycles. The second kappa shape index (κ2) is 3.53. The predicted molar refractivity (Wildman–Crippen MR) is 69.9 cm³/mol. The van der Waals surface area contributed by atoms with Crippen LogP contribution in [-0.2, 0) is 4.74 Å². The normalized spacial score (nSPS) is 51.1. The molecule has 0 aromatic heterocycles. The van der Waals surface area contributed by atoms with Crippen molar-refractivity contribution in [3.63, 3.8) is 0 Å². The van der Waals surface area contributed by atoms with Gasteiger partial charge in [0.2, 0.25) is 0 Å². The van der Waals surface area contributed by atoms with E-state index in [4.69, 9.17) is 4.74 Å². The van der Waals surface area contributed by atoms with E-state index in [1.165, 1.54) is 38.5 Å². The Morgan fingerprint density at radius 1 is 1.28 bits per heavy atom. The molecule has 0 radical (unpaired) electrons. The molecule has 0 spiro atoms. The van der Waals surface area contributed by atoms with Crippen LogP contribution in [0.5, 0.6) is 0 Å². The second-order valence-corrected chi connectivity index (χ2v) is 7.78. The van der Waals surface area contributed by atoms with Gasteiger partial charge in [-0.15, -0.1) is 0 Å².